The fourth-order valence-electron chi connectivity index (χ4n) is 1.61. The summed E-state index contributed by atoms with van der Waals surface area (Å²) >= 11 is 0. The molecule has 0 aromatic carbocycles. The van der Waals surface area contributed by atoms with E-state index in [-0.39, 0.29) is 6.42 Å². The first-order valence-electron chi connectivity index (χ1n) is 6.13. The van der Waals surface area contributed by atoms with Gasteiger partial charge in [0.15, 0.2) is 0 Å². The van der Waals surface area contributed by atoms with Crippen LogP contribution in [0.2, 0.25) is 0 Å². The summed E-state index contributed by atoms with van der Waals surface area (Å²) in [5.41, 5.74) is 0. The molecule has 0 spiro atoms. The van der Waals surface area contributed by atoms with Crippen LogP contribution in [0.3, 0.4) is 0 Å². The van der Waals surface area contributed by atoms with Crippen LogP contribution in [0.25, 0.3) is 0 Å². The Kier molecular flexibility index (Phi) is 10.5. The predicted octanol–water partition coefficient (Wildman–Crippen LogP) is 1.99. The van der Waals surface area contributed by atoms with Crippen LogP contribution < -0.4 is 0 Å². The molecule has 0 atom stereocenters. The van der Waals surface area contributed by atoms with Crippen molar-refractivity contribution in [2.24, 2.45) is 0 Å². The summed E-state index contributed by atoms with van der Waals surface area (Å²) in [4.78, 5) is 12.7. The summed E-state index contributed by atoms with van der Waals surface area (Å²) in [7, 11) is 1.69. The van der Waals surface area contributed by atoms with Crippen LogP contribution in [-0.4, -0.2) is 49.3 Å². The van der Waals surface area contributed by atoms with Crippen LogP contribution in [0.4, 0.5) is 0 Å². The van der Waals surface area contributed by atoms with Gasteiger partial charge in [0.1, 0.15) is 0 Å². The number of carboxylic acids is 1. The van der Waals surface area contributed by atoms with Gasteiger partial charge in [0.25, 0.3) is 0 Å². The van der Waals surface area contributed by atoms with Crippen LogP contribution in [0.5, 0.6) is 0 Å². The minimum Gasteiger partial charge on any atom is -0.481 e. The standard InChI is InChI=1S/C12H25NO3/c1-3-4-5-8-13(9-6-11-16-2)10-7-12(14)15/h3-11H2,1-2H3,(H,14,15). The molecule has 0 saturated heterocycles. The van der Waals surface area contributed by atoms with Crippen LogP contribution in [0, 0.1) is 0 Å². The smallest absolute Gasteiger partial charge is 0.304 e. The van der Waals surface area contributed by atoms with Gasteiger partial charge in [0, 0.05) is 26.8 Å². The molecule has 0 saturated carbocycles. The second-order valence-corrected chi connectivity index (χ2v) is 4.04. The van der Waals surface area contributed by atoms with Crippen molar-refractivity contribution in [3.63, 3.8) is 0 Å². The molecule has 96 valence electrons. The van der Waals surface area contributed by atoms with Gasteiger partial charge >= 0.3 is 5.97 Å². The minimum absolute atomic E-state index is 0.235. The first kappa shape index (κ1) is 15.4. The maximum absolute atomic E-state index is 10.5. The van der Waals surface area contributed by atoms with E-state index in [0.29, 0.717) is 6.54 Å². The van der Waals surface area contributed by atoms with Crippen molar-refractivity contribution in [3.8, 4) is 0 Å². The van der Waals surface area contributed by atoms with E-state index in [9.17, 15) is 4.79 Å². The second-order valence-electron chi connectivity index (χ2n) is 4.04. The molecule has 0 bridgehead atoms. The molecule has 0 heterocycles. The van der Waals surface area contributed by atoms with Gasteiger partial charge in [-0.05, 0) is 19.4 Å². The van der Waals surface area contributed by atoms with E-state index >= 15 is 0 Å². The zero-order valence-electron chi connectivity index (χ0n) is 10.6. The molecule has 0 unspecified atom stereocenters. The number of nitrogens with zero attached hydrogens (tertiary/aromatic N) is 1. The van der Waals surface area contributed by atoms with Crippen LogP contribution in [-0.2, 0) is 9.53 Å². The first-order chi connectivity index (χ1) is 7.70. The fourth-order valence-corrected chi connectivity index (χ4v) is 1.61. The zero-order valence-corrected chi connectivity index (χ0v) is 10.6. The van der Waals surface area contributed by atoms with Gasteiger partial charge in [-0.25, -0.2) is 0 Å². The Labute approximate surface area is 98.6 Å². The molecule has 0 aliphatic heterocycles. The molecule has 0 aromatic rings. The average molecular weight is 231 g/mol. The molecule has 16 heavy (non-hydrogen) atoms. The minimum atomic E-state index is -0.716. The van der Waals surface area contributed by atoms with E-state index in [1.54, 1.807) is 7.11 Å². The Morgan fingerprint density at radius 3 is 2.44 bits per heavy atom. The van der Waals surface area contributed by atoms with Gasteiger partial charge in [0.2, 0.25) is 0 Å². The molecule has 4 heteroatoms. The third-order valence-corrected chi connectivity index (χ3v) is 2.54. The highest BCUT2D eigenvalue weighted by Crippen LogP contribution is 2.01. The van der Waals surface area contributed by atoms with E-state index in [4.69, 9.17) is 9.84 Å². The summed E-state index contributed by atoms with van der Waals surface area (Å²) in [6.45, 7) is 5.52. The first-order valence-corrected chi connectivity index (χ1v) is 6.13. The number of carbonyl (C=O) groups is 1. The summed E-state index contributed by atoms with van der Waals surface area (Å²) in [5, 5.41) is 8.65. The molecule has 1 N–H and O–H groups in total. The SMILES string of the molecule is CCCCCN(CCCOC)CCC(=O)O. The summed E-state index contributed by atoms with van der Waals surface area (Å²) < 4.78 is 5.00. The quantitative estimate of drug-likeness (QED) is 0.552. The largest absolute Gasteiger partial charge is 0.481 e. The highest BCUT2D eigenvalue weighted by molar-refractivity contribution is 5.66. The number of hydrogen-bond acceptors (Lipinski definition) is 3. The number of rotatable bonds is 11. The monoisotopic (exact) mass is 231 g/mol. The number of carboxylic acid groups (broad SMARTS) is 1. The maximum Gasteiger partial charge on any atom is 0.304 e. The highest BCUT2D eigenvalue weighted by atomic mass is 16.5. The molecule has 0 aliphatic carbocycles. The summed E-state index contributed by atoms with van der Waals surface area (Å²) in [6, 6.07) is 0. The van der Waals surface area contributed by atoms with Gasteiger partial charge in [-0.3, -0.25) is 4.79 Å². The topological polar surface area (TPSA) is 49.8 Å². The van der Waals surface area contributed by atoms with Crippen molar-refractivity contribution in [2.45, 2.75) is 39.0 Å². The zero-order chi connectivity index (χ0) is 12.2. The highest BCUT2D eigenvalue weighted by Gasteiger charge is 2.06. The normalized spacial score (nSPS) is 10.9. The Bertz CT molecular complexity index is 164. The number of hydrogen-bond donors (Lipinski definition) is 1. The molecule has 0 radical (unpaired) electrons. The van der Waals surface area contributed by atoms with Crippen molar-refractivity contribution in [2.75, 3.05) is 33.4 Å². The Morgan fingerprint density at radius 2 is 1.88 bits per heavy atom. The Balaban J connectivity index is 3.71. The lowest BCUT2D eigenvalue weighted by atomic mass is 10.2. The molecule has 0 amide bonds. The van der Waals surface area contributed by atoms with Crippen LogP contribution in [0.15, 0.2) is 0 Å². The lowest BCUT2D eigenvalue weighted by Gasteiger charge is -2.21. The average Bonchev–Trinajstić information content (AvgIpc) is 2.25. The lowest BCUT2D eigenvalue weighted by Crippen LogP contribution is -2.29. The van der Waals surface area contributed by atoms with E-state index < -0.39 is 5.97 Å². The third-order valence-electron chi connectivity index (χ3n) is 2.54. The van der Waals surface area contributed by atoms with Gasteiger partial charge < -0.3 is 14.7 Å². The van der Waals surface area contributed by atoms with E-state index in [1.165, 1.54) is 12.8 Å². The van der Waals surface area contributed by atoms with Gasteiger partial charge in [-0.15, -0.1) is 0 Å². The van der Waals surface area contributed by atoms with Crippen molar-refractivity contribution in [1.29, 1.82) is 0 Å². The second kappa shape index (κ2) is 10.9. The molecule has 0 aliphatic rings. The molecular formula is C12H25NO3. The summed E-state index contributed by atoms with van der Waals surface area (Å²) in [5.74, 6) is -0.716. The predicted molar refractivity (Wildman–Crippen MR) is 64.7 cm³/mol. The molecule has 0 aromatic heterocycles. The summed E-state index contributed by atoms with van der Waals surface area (Å²) in [6.07, 6.45) is 4.78. The Hall–Kier alpha value is -0.610. The molecule has 4 nitrogen and oxygen atoms in total. The van der Waals surface area contributed by atoms with Crippen LogP contribution >= 0.6 is 0 Å². The lowest BCUT2D eigenvalue weighted by molar-refractivity contribution is -0.137. The molecule has 0 rings (SSSR count). The number of ether oxygens (including phenoxy) is 1. The van der Waals surface area contributed by atoms with Crippen molar-refractivity contribution < 1.29 is 14.6 Å². The molecular weight excluding hydrogens is 206 g/mol. The third kappa shape index (κ3) is 9.93. The van der Waals surface area contributed by atoms with E-state index in [1.807, 2.05) is 0 Å². The molecule has 0 fully saturated rings. The van der Waals surface area contributed by atoms with E-state index in [2.05, 4.69) is 11.8 Å². The van der Waals surface area contributed by atoms with Crippen molar-refractivity contribution in [1.82, 2.24) is 4.90 Å². The number of methoxy groups -OCH3 is 1. The Morgan fingerprint density at radius 1 is 1.19 bits per heavy atom. The number of unbranched alkanes of at least 4 members (excludes halogenated alkanes) is 2. The van der Waals surface area contributed by atoms with E-state index in [0.717, 1.165) is 32.5 Å². The van der Waals surface area contributed by atoms with Gasteiger partial charge in [-0.2, -0.15) is 0 Å². The van der Waals surface area contributed by atoms with Crippen molar-refractivity contribution in [3.05, 3.63) is 0 Å². The maximum atomic E-state index is 10.5. The van der Waals surface area contributed by atoms with Crippen LogP contribution in [0.1, 0.15) is 39.0 Å². The fraction of sp³-hybridized carbons (Fsp3) is 0.917. The van der Waals surface area contributed by atoms with Crippen molar-refractivity contribution >= 4 is 5.97 Å². The van der Waals surface area contributed by atoms with Gasteiger partial charge in [-0.1, -0.05) is 19.8 Å². The number of aliphatic carboxylic acids is 1. The van der Waals surface area contributed by atoms with Gasteiger partial charge in [0.05, 0.1) is 6.42 Å².